The van der Waals surface area contributed by atoms with Crippen molar-refractivity contribution in [3.63, 3.8) is 0 Å². The van der Waals surface area contributed by atoms with E-state index in [2.05, 4.69) is 20.6 Å². The number of halogens is 1. The van der Waals surface area contributed by atoms with Crippen LogP contribution in [0.5, 0.6) is 0 Å². The molecule has 0 spiro atoms. The van der Waals surface area contributed by atoms with Gasteiger partial charge in [0.1, 0.15) is 0 Å². The van der Waals surface area contributed by atoms with Gasteiger partial charge in [0.25, 0.3) is 0 Å². The van der Waals surface area contributed by atoms with Crippen LogP contribution < -0.4 is 5.32 Å². The maximum absolute atomic E-state index is 5.70. The molecule has 0 radical (unpaired) electrons. The number of fused-ring (bicyclic) bond motifs is 1. The first-order chi connectivity index (χ1) is 12.7. The van der Waals surface area contributed by atoms with Crippen molar-refractivity contribution in [2.24, 2.45) is 5.92 Å². The molecular weight excluding hydrogens is 364 g/mol. The quantitative estimate of drug-likeness (QED) is 0.745. The maximum Gasteiger partial charge on any atom is 0.234 e. The van der Waals surface area contributed by atoms with E-state index in [4.69, 9.17) is 9.51 Å². The summed E-state index contributed by atoms with van der Waals surface area (Å²) >= 11 is 0. The highest BCUT2D eigenvalue weighted by Gasteiger charge is 2.51. The van der Waals surface area contributed by atoms with Gasteiger partial charge in [0, 0.05) is 24.0 Å². The lowest BCUT2D eigenvalue weighted by atomic mass is 9.80. The molecule has 8 heteroatoms. The van der Waals surface area contributed by atoms with Crippen LogP contribution in [0, 0.1) is 19.8 Å². The molecule has 2 atom stereocenters. The first-order valence-electron chi connectivity index (χ1n) is 9.21. The molecule has 142 valence electrons. The van der Waals surface area contributed by atoms with Gasteiger partial charge in [-0.15, -0.1) is 12.4 Å². The summed E-state index contributed by atoms with van der Waals surface area (Å²) in [7, 11) is 0. The van der Waals surface area contributed by atoms with Gasteiger partial charge in [-0.05, 0) is 57.4 Å². The number of hydrogen-bond acceptors (Lipinski definition) is 6. The number of rotatable bonds is 3. The van der Waals surface area contributed by atoms with Crippen LogP contribution in [-0.4, -0.2) is 38.0 Å². The molecule has 1 N–H and O–H groups in total. The average Bonchev–Trinajstić information content (AvgIpc) is 3.37. The van der Waals surface area contributed by atoms with Gasteiger partial charge in [-0.2, -0.15) is 10.1 Å². The van der Waals surface area contributed by atoms with E-state index in [0.717, 1.165) is 48.2 Å². The predicted octanol–water partition coefficient (Wildman–Crippen LogP) is 3.00. The van der Waals surface area contributed by atoms with Crippen LogP contribution in [0.2, 0.25) is 0 Å². The molecule has 1 saturated heterocycles. The van der Waals surface area contributed by atoms with E-state index in [1.807, 2.05) is 36.7 Å². The molecule has 2 fully saturated rings. The van der Waals surface area contributed by atoms with E-state index in [-0.39, 0.29) is 17.8 Å². The molecule has 1 aliphatic heterocycles. The van der Waals surface area contributed by atoms with E-state index < -0.39 is 0 Å². The maximum atomic E-state index is 5.70. The highest BCUT2D eigenvalue weighted by molar-refractivity contribution is 5.85. The minimum Gasteiger partial charge on any atom is -0.338 e. The van der Waals surface area contributed by atoms with Gasteiger partial charge in [0.2, 0.25) is 11.7 Å². The van der Waals surface area contributed by atoms with Crippen molar-refractivity contribution in [2.75, 3.05) is 13.1 Å². The van der Waals surface area contributed by atoms with Crippen molar-refractivity contribution < 1.29 is 4.52 Å². The molecule has 0 bridgehead atoms. The fraction of sp³-hybridized carbons (Fsp3) is 0.474. The van der Waals surface area contributed by atoms with Crippen molar-refractivity contribution in [1.82, 2.24) is 30.2 Å². The summed E-state index contributed by atoms with van der Waals surface area (Å²) in [5.41, 5.74) is 2.93. The minimum atomic E-state index is 0. The monoisotopic (exact) mass is 386 g/mol. The van der Waals surface area contributed by atoms with Crippen molar-refractivity contribution >= 4 is 12.4 Å². The second-order valence-electron chi connectivity index (χ2n) is 7.54. The standard InChI is InChI=1S/C19H22N6O.ClH/c1-12-8-13(2)25(23-12)16-6-5-14(9-21-16)17-22-18(26-24-17)19-7-3-4-15(19)10-20-11-19;/h5-6,8-9,15,20H,3-4,7,10-11H2,1-2H3;1H/t15-,19-;/m1./s1. The molecule has 7 nitrogen and oxygen atoms in total. The van der Waals surface area contributed by atoms with Crippen molar-refractivity contribution in [1.29, 1.82) is 0 Å². The Morgan fingerprint density at radius 2 is 2.19 bits per heavy atom. The number of nitrogens with one attached hydrogen (secondary N) is 1. The Labute approximate surface area is 164 Å². The number of aryl methyl sites for hydroxylation is 2. The zero-order chi connectivity index (χ0) is 17.7. The highest BCUT2D eigenvalue weighted by Crippen LogP contribution is 2.47. The summed E-state index contributed by atoms with van der Waals surface area (Å²) < 4.78 is 7.54. The van der Waals surface area contributed by atoms with Crippen LogP contribution in [-0.2, 0) is 5.41 Å². The fourth-order valence-electron chi connectivity index (χ4n) is 4.55. The van der Waals surface area contributed by atoms with Gasteiger partial charge in [0.15, 0.2) is 5.82 Å². The van der Waals surface area contributed by atoms with Crippen LogP contribution >= 0.6 is 12.4 Å². The Morgan fingerprint density at radius 3 is 2.93 bits per heavy atom. The lowest BCUT2D eigenvalue weighted by molar-refractivity contribution is 0.265. The van der Waals surface area contributed by atoms with Gasteiger partial charge >= 0.3 is 0 Å². The van der Waals surface area contributed by atoms with Gasteiger partial charge < -0.3 is 9.84 Å². The second kappa shape index (κ2) is 6.73. The molecule has 27 heavy (non-hydrogen) atoms. The molecule has 0 unspecified atom stereocenters. The summed E-state index contributed by atoms with van der Waals surface area (Å²) in [6.45, 7) is 5.99. The van der Waals surface area contributed by atoms with E-state index in [9.17, 15) is 0 Å². The lowest BCUT2D eigenvalue weighted by Gasteiger charge is -2.22. The summed E-state index contributed by atoms with van der Waals surface area (Å²) in [5.74, 6) is 2.79. The van der Waals surface area contributed by atoms with Crippen LogP contribution in [0.25, 0.3) is 17.2 Å². The van der Waals surface area contributed by atoms with Crippen LogP contribution in [0.3, 0.4) is 0 Å². The first-order valence-corrected chi connectivity index (χ1v) is 9.21. The molecule has 5 rings (SSSR count). The summed E-state index contributed by atoms with van der Waals surface area (Å²) in [6.07, 6.45) is 5.39. The fourth-order valence-corrected chi connectivity index (χ4v) is 4.55. The van der Waals surface area contributed by atoms with E-state index in [0.29, 0.717) is 11.7 Å². The molecular formula is C19H23ClN6O. The lowest BCUT2D eigenvalue weighted by Crippen LogP contribution is -2.31. The normalized spacial score (nSPS) is 24.0. The van der Waals surface area contributed by atoms with E-state index >= 15 is 0 Å². The molecule has 0 amide bonds. The SMILES string of the molecule is Cc1cc(C)n(-c2ccc(-c3noc([C@@]45CCC[C@@H]4CNC5)n3)cn2)n1.Cl. The number of aromatic nitrogens is 5. The van der Waals surface area contributed by atoms with Crippen LogP contribution in [0.4, 0.5) is 0 Å². The first kappa shape index (κ1) is 18.1. The zero-order valence-corrected chi connectivity index (χ0v) is 16.3. The van der Waals surface area contributed by atoms with Crippen LogP contribution in [0.1, 0.15) is 36.5 Å². The van der Waals surface area contributed by atoms with Crippen molar-refractivity contribution in [2.45, 2.75) is 38.5 Å². The minimum absolute atomic E-state index is 0. The third-order valence-electron chi connectivity index (χ3n) is 5.87. The van der Waals surface area contributed by atoms with Crippen molar-refractivity contribution in [3.8, 4) is 17.2 Å². The zero-order valence-electron chi connectivity index (χ0n) is 15.5. The van der Waals surface area contributed by atoms with Gasteiger partial charge in [0.05, 0.1) is 11.1 Å². The largest absolute Gasteiger partial charge is 0.338 e. The van der Waals surface area contributed by atoms with Crippen molar-refractivity contribution in [3.05, 3.63) is 41.7 Å². The van der Waals surface area contributed by atoms with E-state index in [1.54, 1.807) is 6.20 Å². The molecule has 2 aliphatic rings. The molecule has 0 aromatic carbocycles. The molecule has 1 aliphatic carbocycles. The Kier molecular flexibility index (Phi) is 4.52. The van der Waals surface area contributed by atoms with Gasteiger partial charge in [-0.1, -0.05) is 11.6 Å². The molecule has 1 saturated carbocycles. The molecule has 4 heterocycles. The average molecular weight is 387 g/mol. The summed E-state index contributed by atoms with van der Waals surface area (Å²) in [5, 5.41) is 12.2. The Morgan fingerprint density at radius 1 is 1.30 bits per heavy atom. The summed E-state index contributed by atoms with van der Waals surface area (Å²) in [6, 6.07) is 5.96. The Bertz CT molecular complexity index is 938. The number of pyridine rings is 1. The third kappa shape index (κ3) is 2.85. The number of hydrogen-bond donors (Lipinski definition) is 1. The van der Waals surface area contributed by atoms with Gasteiger partial charge in [-0.3, -0.25) is 0 Å². The second-order valence-corrected chi connectivity index (χ2v) is 7.54. The third-order valence-corrected chi connectivity index (χ3v) is 5.87. The topological polar surface area (TPSA) is 81.7 Å². The molecule has 3 aromatic rings. The summed E-state index contributed by atoms with van der Waals surface area (Å²) in [4.78, 5) is 9.28. The highest BCUT2D eigenvalue weighted by atomic mass is 35.5. The smallest absolute Gasteiger partial charge is 0.234 e. The Balaban J connectivity index is 0.00000180. The van der Waals surface area contributed by atoms with Gasteiger partial charge in [-0.25, -0.2) is 9.67 Å². The number of nitrogens with zero attached hydrogens (tertiary/aromatic N) is 5. The predicted molar refractivity (Wildman–Crippen MR) is 103 cm³/mol. The van der Waals surface area contributed by atoms with E-state index in [1.165, 1.54) is 12.8 Å². The Hall–Kier alpha value is -2.25. The van der Waals surface area contributed by atoms with Crippen LogP contribution in [0.15, 0.2) is 28.9 Å². The molecule has 3 aromatic heterocycles.